The van der Waals surface area contributed by atoms with Crippen LogP contribution in [0.2, 0.25) is 0 Å². The van der Waals surface area contributed by atoms with Crippen LogP contribution in [0, 0.1) is 0 Å². The monoisotopic (exact) mass is 171 g/mol. The van der Waals surface area contributed by atoms with Gasteiger partial charge in [0.05, 0.1) is 12.4 Å². The molecule has 4 heteroatoms. The van der Waals surface area contributed by atoms with Crippen molar-refractivity contribution in [3.05, 3.63) is 11.9 Å². The summed E-state index contributed by atoms with van der Waals surface area (Å²) >= 11 is 0. The predicted octanol–water partition coefficient (Wildman–Crippen LogP) is 1.59. The van der Waals surface area contributed by atoms with Crippen molar-refractivity contribution in [2.75, 3.05) is 6.67 Å². The fourth-order valence-electron chi connectivity index (χ4n) is 1.04. The van der Waals surface area contributed by atoms with Gasteiger partial charge in [0.2, 0.25) is 0 Å². The number of hydrogen-bond donors (Lipinski definition) is 0. The number of hydrogen-bond acceptors (Lipinski definition) is 2. The van der Waals surface area contributed by atoms with Gasteiger partial charge in [-0.05, 0) is 19.3 Å². The van der Waals surface area contributed by atoms with E-state index in [1.807, 2.05) is 6.20 Å². The van der Waals surface area contributed by atoms with E-state index in [-0.39, 0.29) is 6.67 Å². The van der Waals surface area contributed by atoms with Gasteiger partial charge < -0.3 is 0 Å². The second kappa shape index (κ2) is 4.85. The summed E-state index contributed by atoms with van der Waals surface area (Å²) in [5.74, 6) is 0. The van der Waals surface area contributed by atoms with Crippen LogP contribution in [0.25, 0.3) is 0 Å². The van der Waals surface area contributed by atoms with Gasteiger partial charge in [0.15, 0.2) is 0 Å². The van der Waals surface area contributed by atoms with Crippen LogP contribution in [0.3, 0.4) is 0 Å². The zero-order valence-electron chi connectivity index (χ0n) is 7.33. The summed E-state index contributed by atoms with van der Waals surface area (Å²) in [6, 6.07) is 0. The Balaban J connectivity index is 2.41. The van der Waals surface area contributed by atoms with Gasteiger partial charge in [-0.15, -0.1) is 5.10 Å². The van der Waals surface area contributed by atoms with Crippen LogP contribution in [-0.4, -0.2) is 21.7 Å². The maximum absolute atomic E-state index is 11.8. The summed E-state index contributed by atoms with van der Waals surface area (Å²) in [5.41, 5.74) is 0.890. The minimum atomic E-state index is -0.277. The molecule has 0 radical (unpaired) electrons. The molecule has 0 N–H and O–H groups in total. The van der Waals surface area contributed by atoms with Crippen molar-refractivity contribution in [1.29, 1.82) is 0 Å². The molecule has 0 aliphatic heterocycles. The lowest BCUT2D eigenvalue weighted by Crippen LogP contribution is -1.96. The molecule has 0 saturated heterocycles. The van der Waals surface area contributed by atoms with E-state index in [4.69, 9.17) is 0 Å². The Morgan fingerprint density at radius 2 is 2.42 bits per heavy atom. The van der Waals surface area contributed by atoms with E-state index >= 15 is 0 Å². The summed E-state index contributed by atoms with van der Waals surface area (Å²) in [6.45, 7) is 2.70. The van der Waals surface area contributed by atoms with Crippen LogP contribution in [0.15, 0.2) is 6.20 Å². The molecular weight excluding hydrogens is 157 g/mol. The molecule has 0 saturated carbocycles. The average Bonchev–Trinajstić information content (AvgIpc) is 2.50. The molecule has 1 aromatic rings. The minimum Gasteiger partial charge on any atom is -0.252 e. The lowest BCUT2D eigenvalue weighted by molar-refractivity contribution is 0.471. The summed E-state index contributed by atoms with van der Waals surface area (Å²) in [6.07, 6.45) is 4.18. The molecule has 0 aliphatic carbocycles. The van der Waals surface area contributed by atoms with Crippen molar-refractivity contribution in [3.8, 4) is 0 Å². The summed E-state index contributed by atoms with van der Waals surface area (Å²) in [5, 5.41) is 7.82. The summed E-state index contributed by atoms with van der Waals surface area (Å²) in [7, 11) is 0. The molecule has 0 atom stereocenters. The van der Waals surface area contributed by atoms with Crippen molar-refractivity contribution in [1.82, 2.24) is 15.0 Å². The van der Waals surface area contributed by atoms with E-state index in [9.17, 15) is 4.39 Å². The van der Waals surface area contributed by atoms with Gasteiger partial charge in [0.1, 0.15) is 0 Å². The molecule has 0 spiro atoms. The lowest BCUT2D eigenvalue weighted by Gasteiger charge is -1.92. The first kappa shape index (κ1) is 9.16. The molecule has 12 heavy (non-hydrogen) atoms. The normalized spacial score (nSPS) is 10.5. The first-order valence-electron chi connectivity index (χ1n) is 4.31. The van der Waals surface area contributed by atoms with Gasteiger partial charge in [-0.25, -0.2) is 0 Å². The van der Waals surface area contributed by atoms with Crippen molar-refractivity contribution in [3.63, 3.8) is 0 Å². The maximum atomic E-state index is 11.8. The van der Waals surface area contributed by atoms with Gasteiger partial charge >= 0.3 is 0 Å². The fraction of sp³-hybridized carbons (Fsp3) is 0.750. The van der Waals surface area contributed by atoms with E-state index in [0.29, 0.717) is 12.8 Å². The molecule has 3 nitrogen and oxygen atoms in total. The second-order valence-electron chi connectivity index (χ2n) is 2.77. The van der Waals surface area contributed by atoms with E-state index in [1.165, 1.54) is 0 Å². The number of alkyl halides is 1. The Morgan fingerprint density at radius 3 is 3.08 bits per heavy atom. The predicted molar refractivity (Wildman–Crippen MR) is 44.6 cm³/mol. The molecule has 1 rings (SSSR count). The van der Waals surface area contributed by atoms with E-state index < -0.39 is 0 Å². The number of rotatable bonds is 5. The Hall–Kier alpha value is -0.930. The zero-order chi connectivity index (χ0) is 8.81. The molecule has 68 valence electrons. The zero-order valence-corrected chi connectivity index (χ0v) is 7.33. The number of aromatic nitrogens is 3. The van der Waals surface area contributed by atoms with Crippen molar-refractivity contribution >= 4 is 0 Å². The van der Waals surface area contributed by atoms with Gasteiger partial charge in [-0.3, -0.25) is 9.07 Å². The third-order valence-electron chi connectivity index (χ3n) is 1.61. The van der Waals surface area contributed by atoms with Crippen LogP contribution < -0.4 is 0 Å². The Morgan fingerprint density at radius 1 is 1.58 bits per heavy atom. The molecule has 0 unspecified atom stereocenters. The lowest BCUT2D eigenvalue weighted by atomic mass is 10.3. The number of halogens is 1. The average molecular weight is 171 g/mol. The third kappa shape index (κ3) is 2.60. The summed E-state index contributed by atoms with van der Waals surface area (Å²) < 4.78 is 13.6. The first-order chi connectivity index (χ1) is 5.86. The standard InChI is InChI=1S/C8H14FN3/c1-2-6-12-7-8(10-11-12)4-3-5-9/h7H,2-6H2,1H3. The van der Waals surface area contributed by atoms with Crippen molar-refractivity contribution in [2.24, 2.45) is 0 Å². The van der Waals surface area contributed by atoms with E-state index in [2.05, 4.69) is 17.2 Å². The SMILES string of the molecule is CCCn1cc(CCCF)nn1. The highest BCUT2D eigenvalue weighted by Gasteiger charge is 1.98. The van der Waals surface area contributed by atoms with E-state index in [1.54, 1.807) is 4.68 Å². The number of aryl methyl sites for hydroxylation is 2. The quantitative estimate of drug-likeness (QED) is 0.673. The highest BCUT2D eigenvalue weighted by molar-refractivity contribution is 4.91. The van der Waals surface area contributed by atoms with Crippen molar-refractivity contribution in [2.45, 2.75) is 32.7 Å². The van der Waals surface area contributed by atoms with Gasteiger partial charge in [0.25, 0.3) is 0 Å². The Bertz CT molecular complexity index is 222. The van der Waals surface area contributed by atoms with Crippen LogP contribution in [-0.2, 0) is 13.0 Å². The summed E-state index contributed by atoms with van der Waals surface area (Å²) in [4.78, 5) is 0. The van der Waals surface area contributed by atoms with Crippen LogP contribution >= 0.6 is 0 Å². The first-order valence-corrected chi connectivity index (χ1v) is 4.31. The molecule has 0 aromatic carbocycles. The Kier molecular flexibility index (Phi) is 3.70. The van der Waals surface area contributed by atoms with Crippen LogP contribution in [0.5, 0.6) is 0 Å². The minimum absolute atomic E-state index is 0.277. The van der Waals surface area contributed by atoms with Crippen molar-refractivity contribution < 1.29 is 4.39 Å². The third-order valence-corrected chi connectivity index (χ3v) is 1.61. The number of nitrogens with zero attached hydrogens (tertiary/aromatic N) is 3. The topological polar surface area (TPSA) is 30.7 Å². The largest absolute Gasteiger partial charge is 0.252 e. The van der Waals surface area contributed by atoms with Crippen LogP contribution in [0.4, 0.5) is 4.39 Å². The fourth-order valence-corrected chi connectivity index (χ4v) is 1.04. The highest BCUT2D eigenvalue weighted by atomic mass is 19.1. The molecule has 0 bridgehead atoms. The van der Waals surface area contributed by atoms with Gasteiger partial charge in [-0.1, -0.05) is 12.1 Å². The maximum Gasteiger partial charge on any atom is 0.0898 e. The highest BCUT2D eigenvalue weighted by Crippen LogP contribution is 1.98. The van der Waals surface area contributed by atoms with E-state index in [0.717, 1.165) is 18.7 Å². The smallest absolute Gasteiger partial charge is 0.0898 e. The molecule has 1 aromatic heterocycles. The molecule has 1 heterocycles. The second-order valence-corrected chi connectivity index (χ2v) is 2.77. The van der Waals surface area contributed by atoms with Crippen LogP contribution in [0.1, 0.15) is 25.5 Å². The molecular formula is C8H14FN3. The molecule has 0 aliphatic rings. The van der Waals surface area contributed by atoms with Gasteiger partial charge in [-0.2, -0.15) is 0 Å². The Labute approximate surface area is 71.6 Å². The molecule has 0 fully saturated rings. The molecule has 0 amide bonds. The van der Waals surface area contributed by atoms with Gasteiger partial charge in [0, 0.05) is 12.7 Å².